The molecule has 24 heavy (non-hydrogen) atoms. The van der Waals surface area contributed by atoms with Crippen molar-refractivity contribution < 1.29 is 4.79 Å². The summed E-state index contributed by atoms with van der Waals surface area (Å²) >= 11 is 1.57. The van der Waals surface area contributed by atoms with Crippen molar-refractivity contribution in [3.63, 3.8) is 0 Å². The van der Waals surface area contributed by atoms with Crippen molar-refractivity contribution in [2.45, 2.75) is 26.3 Å². The van der Waals surface area contributed by atoms with Gasteiger partial charge in [0.05, 0.1) is 11.8 Å². The first-order valence-electron chi connectivity index (χ1n) is 7.84. The fourth-order valence-electron chi connectivity index (χ4n) is 2.48. The lowest BCUT2D eigenvalue weighted by Crippen LogP contribution is -2.40. The summed E-state index contributed by atoms with van der Waals surface area (Å²) < 4.78 is 0. The van der Waals surface area contributed by atoms with E-state index in [1.807, 2.05) is 41.1 Å². The second kappa shape index (κ2) is 8.37. The maximum Gasteiger partial charge on any atom is 0.243 e. The number of nitrogens with two attached hydrogens (primary N) is 1. The van der Waals surface area contributed by atoms with Gasteiger partial charge in [0, 0.05) is 22.0 Å². The van der Waals surface area contributed by atoms with E-state index in [-0.39, 0.29) is 18.5 Å². The molecule has 1 amide bonds. The van der Waals surface area contributed by atoms with Gasteiger partial charge in [-0.15, -0.1) is 11.3 Å². The fraction of sp³-hybridized carbons (Fsp3) is 0.333. The summed E-state index contributed by atoms with van der Waals surface area (Å²) in [6.45, 7) is 4.15. The number of nitrogen functional groups attached to an aromatic ring is 1. The molecule has 6 heteroatoms. The molecule has 1 aromatic heterocycles. The number of benzene rings is 1. The molecule has 0 saturated carbocycles. The Morgan fingerprint density at radius 1 is 1.38 bits per heavy atom. The standard InChI is InChI=1S/C18H22N4OS/c1-12(2)8-16(18(23)21-7-6-19)22-17-11-24-10-15(17)13-4-3-5-14(20)9-13/h3-5,9-12,16,22H,7-8,20H2,1-2H3,(H,21,23)/t16-/m0/s1. The van der Waals surface area contributed by atoms with Crippen molar-refractivity contribution in [2.75, 3.05) is 17.6 Å². The summed E-state index contributed by atoms with van der Waals surface area (Å²) in [7, 11) is 0. The second-order valence-electron chi connectivity index (χ2n) is 6.03. The van der Waals surface area contributed by atoms with Gasteiger partial charge in [0.25, 0.3) is 0 Å². The number of carbonyl (C=O) groups excluding carboxylic acids is 1. The molecule has 0 aliphatic rings. The van der Waals surface area contributed by atoms with E-state index in [4.69, 9.17) is 11.0 Å². The van der Waals surface area contributed by atoms with Gasteiger partial charge in [-0.25, -0.2) is 0 Å². The number of anilines is 2. The number of nitrogens with zero attached hydrogens (tertiary/aromatic N) is 1. The maximum absolute atomic E-state index is 12.3. The van der Waals surface area contributed by atoms with Crippen molar-refractivity contribution in [2.24, 2.45) is 5.92 Å². The molecule has 2 aromatic rings. The number of nitriles is 1. The summed E-state index contributed by atoms with van der Waals surface area (Å²) in [6.07, 6.45) is 0.684. The zero-order valence-corrected chi connectivity index (χ0v) is 14.7. The highest BCUT2D eigenvalue weighted by atomic mass is 32.1. The van der Waals surface area contributed by atoms with Crippen LogP contribution in [0.25, 0.3) is 11.1 Å². The van der Waals surface area contributed by atoms with Gasteiger partial charge in [0.15, 0.2) is 0 Å². The second-order valence-corrected chi connectivity index (χ2v) is 6.77. The van der Waals surface area contributed by atoms with Crippen molar-refractivity contribution >= 4 is 28.6 Å². The Bertz CT molecular complexity index is 733. The molecule has 0 bridgehead atoms. The molecule has 0 radical (unpaired) electrons. The van der Waals surface area contributed by atoms with Crippen LogP contribution in [-0.4, -0.2) is 18.5 Å². The Morgan fingerprint density at radius 3 is 2.83 bits per heavy atom. The molecule has 1 heterocycles. The lowest BCUT2D eigenvalue weighted by Gasteiger charge is -2.21. The average molecular weight is 342 g/mol. The molecule has 126 valence electrons. The highest BCUT2D eigenvalue weighted by Crippen LogP contribution is 2.33. The van der Waals surface area contributed by atoms with E-state index in [0.29, 0.717) is 18.0 Å². The van der Waals surface area contributed by atoms with E-state index in [2.05, 4.69) is 24.5 Å². The van der Waals surface area contributed by atoms with E-state index in [1.54, 1.807) is 11.3 Å². The van der Waals surface area contributed by atoms with E-state index < -0.39 is 0 Å². The highest BCUT2D eigenvalue weighted by Gasteiger charge is 2.21. The van der Waals surface area contributed by atoms with Crippen LogP contribution in [0.3, 0.4) is 0 Å². The van der Waals surface area contributed by atoms with Gasteiger partial charge in [0.2, 0.25) is 5.91 Å². The van der Waals surface area contributed by atoms with E-state index >= 15 is 0 Å². The minimum atomic E-state index is -0.382. The fourth-order valence-corrected chi connectivity index (χ4v) is 3.28. The third-order valence-corrected chi connectivity index (χ3v) is 4.30. The quantitative estimate of drug-likeness (QED) is 0.531. The Hall–Kier alpha value is -2.52. The molecular weight excluding hydrogens is 320 g/mol. The zero-order valence-electron chi connectivity index (χ0n) is 13.9. The largest absolute Gasteiger partial charge is 0.399 e. The van der Waals surface area contributed by atoms with Crippen molar-refractivity contribution in [1.82, 2.24) is 5.32 Å². The third-order valence-electron chi connectivity index (χ3n) is 3.55. The zero-order chi connectivity index (χ0) is 17.5. The third kappa shape index (κ3) is 4.74. The van der Waals surface area contributed by atoms with Crippen molar-refractivity contribution in [3.05, 3.63) is 35.0 Å². The van der Waals surface area contributed by atoms with Gasteiger partial charge in [0.1, 0.15) is 12.6 Å². The first-order chi connectivity index (χ1) is 11.5. The maximum atomic E-state index is 12.3. The van der Waals surface area contributed by atoms with Crippen LogP contribution in [-0.2, 0) is 4.79 Å². The van der Waals surface area contributed by atoms with Crippen LogP contribution in [0, 0.1) is 17.2 Å². The lowest BCUT2D eigenvalue weighted by molar-refractivity contribution is -0.121. The first kappa shape index (κ1) is 17.8. The van der Waals surface area contributed by atoms with Gasteiger partial charge < -0.3 is 16.4 Å². The van der Waals surface area contributed by atoms with Gasteiger partial charge in [-0.3, -0.25) is 4.79 Å². The average Bonchev–Trinajstić information content (AvgIpc) is 2.99. The lowest BCUT2D eigenvalue weighted by atomic mass is 10.0. The highest BCUT2D eigenvalue weighted by molar-refractivity contribution is 7.08. The molecule has 0 aliphatic heterocycles. The van der Waals surface area contributed by atoms with Crippen LogP contribution >= 0.6 is 11.3 Å². The van der Waals surface area contributed by atoms with E-state index in [9.17, 15) is 4.79 Å². The minimum absolute atomic E-state index is 0.0147. The molecule has 0 fully saturated rings. The number of carbonyl (C=O) groups is 1. The Labute approximate surface area is 146 Å². The number of rotatable bonds is 7. The summed E-state index contributed by atoms with van der Waals surface area (Å²) in [4.78, 5) is 12.3. The molecule has 4 N–H and O–H groups in total. The smallest absolute Gasteiger partial charge is 0.243 e. The van der Waals surface area contributed by atoms with Crippen LogP contribution in [0.5, 0.6) is 0 Å². The number of thiophene rings is 1. The van der Waals surface area contributed by atoms with Crippen molar-refractivity contribution in [1.29, 1.82) is 5.26 Å². The molecule has 0 saturated heterocycles. The van der Waals surface area contributed by atoms with Crippen LogP contribution in [0.2, 0.25) is 0 Å². The molecular formula is C18H22N4OS. The molecule has 0 unspecified atom stereocenters. The predicted molar refractivity (Wildman–Crippen MR) is 99.7 cm³/mol. The number of hydrogen-bond acceptors (Lipinski definition) is 5. The number of hydrogen-bond donors (Lipinski definition) is 3. The Kier molecular flexibility index (Phi) is 6.21. The first-order valence-corrected chi connectivity index (χ1v) is 8.78. The van der Waals surface area contributed by atoms with Crippen LogP contribution in [0.1, 0.15) is 20.3 Å². The molecule has 0 aliphatic carbocycles. The predicted octanol–water partition coefficient (Wildman–Crippen LogP) is 3.46. The Balaban J connectivity index is 2.22. The number of amides is 1. The van der Waals surface area contributed by atoms with E-state index in [0.717, 1.165) is 16.8 Å². The van der Waals surface area contributed by atoms with Gasteiger partial charge >= 0.3 is 0 Å². The summed E-state index contributed by atoms with van der Waals surface area (Å²) in [5.74, 6) is 0.194. The van der Waals surface area contributed by atoms with Crippen LogP contribution in [0.4, 0.5) is 11.4 Å². The van der Waals surface area contributed by atoms with Crippen LogP contribution < -0.4 is 16.4 Å². The molecule has 1 aromatic carbocycles. The van der Waals surface area contributed by atoms with E-state index in [1.165, 1.54) is 0 Å². The topological polar surface area (TPSA) is 90.9 Å². The van der Waals surface area contributed by atoms with Gasteiger partial charge in [-0.2, -0.15) is 5.26 Å². The monoisotopic (exact) mass is 342 g/mol. The van der Waals surface area contributed by atoms with Crippen LogP contribution in [0.15, 0.2) is 35.0 Å². The number of nitrogens with one attached hydrogen (secondary N) is 2. The normalized spacial score (nSPS) is 11.8. The SMILES string of the molecule is CC(C)C[C@H](Nc1cscc1-c1cccc(N)c1)C(=O)NCC#N. The summed E-state index contributed by atoms with van der Waals surface area (Å²) in [5.41, 5.74) is 9.52. The molecule has 2 rings (SSSR count). The van der Waals surface area contributed by atoms with Gasteiger partial charge in [-0.05, 0) is 30.0 Å². The minimum Gasteiger partial charge on any atom is -0.399 e. The molecule has 1 atom stereocenters. The van der Waals surface area contributed by atoms with Gasteiger partial charge in [-0.1, -0.05) is 26.0 Å². The molecule has 5 nitrogen and oxygen atoms in total. The Morgan fingerprint density at radius 2 is 2.17 bits per heavy atom. The van der Waals surface area contributed by atoms with Crippen molar-refractivity contribution in [3.8, 4) is 17.2 Å². The molecule has 0 spiro atoms. The summed E-state index contributed by atoms with van der Waals surface area (Å²) in [5, 5.41) is 18.7. The summed E-state index contributed by atoms with van der Waals surface area (Å²) in [6, 6.07) is 9.23.